The summed E-state index contributed by atoms with van der Waals surface area (Å²) in [7, 11) is 0. The number of hydrogen-bond acceptors (Lipinski definition) is 10. The van der Waals surface area contributed by atoms with Gasteiger partial charge in [-0.15, -0.1) is 0 Å². The van der Waals surface area contributed by atoms with Crippen molar-refractivity contribution < 1.29 is 48.0 Å². The van der Waals surface area contributed by atoms with Gasteiger partial charge >= 0.3 is 24.2 Å². The summed E-state index contributed by atoms with van der Waals surface area (Å²) in [5.74, 6) is -2.60. The van der Waals surface area contributed by atoms with Gasteiger partial charge in [-0.3, -0.25) is 10.1 Å². The van der Waals surface area contributed by atoms with Crippen LogP contribution < -0.4 is 14.8 Å². The zero-order valence-corrected chi connectivity index (χ0v) is 19.8. The molecule has 11 nitrogen and oxygen atoms in total. The zero-order valence-electron chi connectivity index (χ0n) is 19.8. The van der Waals surface area contributed by atoms with E-state index in [1.54, 1.807) is 41.5 Å². The summed E-state index contributed by atoms with van der Waals surface area (Å²) >= 11 is 0. The summed E-state index contributed by atoms with van der Waals surface area (Å²) < 4.78 is 25.3. The number of carboxylic acid groups (broad SMARTS) is 1. The van der Waals surface area contributed by atoms with E-state index in [1.807, 2.05) is 0 Å². The Hall–Kier alpha value is -3.34. The highest BCUT2D eigenvalue weighted by molar-refractivity contribution is 5.81. The molecule has 0 amide bonds. The molecule has 184 valence electrons. The first-order valence-electron chi connectivity index (χ1n) is 10.3. The van der Waals surface area contributed by atoms with E-state index in [0.29, 0.717) is 5.56 Å². The van der Waals surface area contributed by atoms with E-state index in [0.717, 1.165) is 6.92 Å². The molecule has 0 bridgehead atoms. The van der Waals surface area contributed by atoms with Crippen LogP contribution in [0.1, 0.15) is 54.0 Å². The molecule has 1 aromatic rings. The van der Waals surface area contributed by atoms with Crippen LogP contribution in [0, 0.1) is 0 Å². The van der Waals surface area contributed by atoms with Crippen LogP contribution in [0.5, 0.6) is 11.5 Å². The molecule has 0 unspecified atom stereocenters. The molecule has 2 N–H and O–H groups in total. The largest absolute Gasteiger partial charge is 0.514 e. The summed E-state index contributed by atoms with van der Waals surface area (Å²) in [6.45, 7) is 11.0. The van der Waals surface area contributed by atoms with Crippen molar-refractivity contribution >= 4 is 24.2 Å². The maximum atomic E-state index is 12.1. The number of rotatable bonds is 10. The van der Waals surface area contributed by atoms with E-state index >= 15 is 0 Å². The van der Waals surface area contributed by atoms with Crippen molar-refractivity contribution in [1.29, 1.82) is 0 Å². The minimum atomic E-state index is -2.09. The Balaban J connectivity index is 3.37. The predicted octanol–water partition coefficient (Wildman–Crippen LogP) is 3.42. The topological polar surface area (TPSA) is 147 Å². The van der Waals surface area contributed by atoms with Crippen molar-refractivity contribution in [2.24, 2.45) is 0 Å². The third-order valence-electron chi connectivity index (χ3n) is 3.70. The highest BCUT2D eigenvalue weighted by Gasteiger charge is 2.43. The fraction of sp³-hybridized carbons (Fsp3) is 0.545. The van der Waals surface area contributed by atoms with Crippen LogP contribution in [-0.2, 0) is 30.2 Å². The molecular weight excluding hydrogens is 438 g/mol. The van der Waals surface area contributed by atoms with Crippen molar-refractivity contribution in [2.75, 3.05) is 0 Å². The third kappa shape index (κ3) is 9.36. The summed E-state index contributed by atoms with van der Waals surface area (Å²) in [6.07, 6.45) is -3.34. The standard InChI is InChI=1S/C22H31NO10/c1-12(2)23-22(19(25)26,33-15(7)24)11-16-8-9-17(31-20(27)29-13(3)4)18(10-16)32-21(28)30-14(5)6/h8-10,12-14,23H,11H2,1-7H3,(H,25,26)/t22-/m0/s1. The van der Waals surface area contributed by atoms with E-state index in [2.05, 4.69) is 5.32 Å². The second-order valence-corrected chi connectivity index (χ2v) is 8.02. The van der Waals surface area contributed by atoms with Crippen molar-refractivity contribution in [3.05, 3.63) is 23.8 Å². The fourth-order valence-electron chi connectivity index (χ4n) is 2.74. The second kappa shape index (κ2) is 12.0. The van der Waals surface area contributed by atoms with Gasteiger partial charge < -0.3 is 28.8 Å². The molecule has 0 saturated heterocycles. The number of nitrogens with one attached hydrogen (secondary N) is 1. The number of benzene rings is 1. The van der Waals surface area contributed by atoms with Gasteiger partial charge in [-0.25, -0.2) is 14.4 Å². The monoisotopic (exact) mass is 469 g/mol. The predicted molar refractivity (Wildman–Crippen MR) is 115 cm³/mol. The SMILES string of the molecule is CC(=O)O[C@](Cc1ccc(OC(=O)OC(C)C)c(OC(=O)OC(C)C)c1)(NC(C)C)C(=O)O. The molecule has 0 radical (unpaired) electrons. The van der Waals surface area contributed by atoms with Crippen LogP contribution in [0.2, 0.25) is 0 Å². The minimum absolute atomic E-state index is 0.157. The first-order valence-corrected chi connectivity index (χ1v) is 10.3. The van der Waals surface area contributed by atoms with Gasteiger partial charge in [0.15, 0.2) is 11.5 Å². The Kier molecular flexibility index (Phi) is 10.1. The van der Waals surface area contributed by atoms with Gasteiger partial charge in [0.2, 0.25) is 0 Å². The average Bonchev–Trinajstić information content (AvgIpc) is 2.61. The lowest BCUT2D eigenvalue weighted by Crippen LogP contribution is -2.59. The molecule has 33 heavy (non-hydrogen) atoms. The molecule has 1 rings (SSSR count). The molecule has 0 aromatic heterocycles. The minimum Gasteiger partial charge on any atom is -0.477 e. The lowest BCUT2D eigenvalue weighted by atomic mass is 10.0. The van der Waals surface area contributed by atoms with Crippen LogP contribution in [0.4, 0.5) is 9.59 Å². The Morgan fingerprint density at radius 2 is 1.42 bits per heavy atom. The first kappa shape index (κ1) is 27.7. The van der Waals surface area contributed by atoms with E-state index < -0.39 is 42.2 Å². The highest BCUT2D eigenvalue weighted by Crippen LogP contribution is 2.31. The molecule has 0 aliphatic rings. The average molecular weight is 469 g/mol. The van der Waals surface area contributed by atoms with E-state index in [-0.39, 0.29) is 24.0 Å². The Morgan fingerprint density at radius 1 is 0.909 bits per heavy atom. The summed E-state index contributed by atoms with van der Waals surface area (Å²) in [4.78, 5) is 47.7. The number of esters is 1. The molecule has 0 aliphatic heterocycles. The molecule has 1 aromatic carbocycles. The third-order valence-corrected chi connectivity index (χ3v) is 3.70. The molecule has 0 aliphatic carbocycles. The Bertz CT molecular complexity index is 865. The summed E-state index contributed by atoms with van der Waals surface area (Å²) in [5, 5.41) is 12.6. The molecule has 0 fully saturated rings. The quantitative estimate of drug-likeness (QED) is 0.225. The first-order chi connectivity index (χ1) is 15.2. The van der Waals surface area contributed by atoms with Crippen molar-refractivity contribution in [3.63, 3.8) is 0 Å². The van der Waals surface area contributed by atoms with E-state index in [9.17, 15) is 24.3 Å². The Labute approximate surface area is 192 Å². The maximum absolute atomic E-state index is 12.1. The number of ether oxygens (including phenoxy) is 5. The molecule has 0 heterocycles. The van der Waals surface area contributed by atoms with Gasteiger partial charge in [-0.2, -0.15) is 0 Å². The van der Waals surface area contributed by atoms with Crippen molar-refractivity contribution in [3.8, 4) is 11.5 Å². The van der Waals surface area contributed by atoms with Gasteiger partial charge in [-0.05, 0) is 59.2 Å². The zero-order chi connectivity index (χ0) is 25.3. The number of hydrogen-bond donors (Lipinski definition) is 2. The van der Waals surface area contributed by atoms with Crippen LogP contribution in [0.3, 0.4) is 0 Å². The number of carboxylic acids is 1. The molecule has 11 heteroatoms. The van der Waals surface area contributed by atoms with Gasteiger partial charge in [0.05, 0.1) is 12.2 Å². The highest BCUT2D eigenvalue weighted by atomic mass is 16.7. The number of aliphatic carboxylic acids is 1. The van der Waals surface area contributed by atoms with Crippen molar-refractivity contribution in [1.82, 2.24) is 5.32 Å². The second-order valence-electron chi connectivity index (χ2n) is 8.02. The van der Waals surface area contributed by atoms with Gasteiger partial charge in [0, 0.05) is 19.4 Å². The number of carbonyl (C=O) groups excluding carboxylic acids is 3. The molecule has 0 spiro atoms. The fourth-order valence-corrected chi connectivity index (χ4v) is 2.74. The summed E-state index contributed by atoms with van der Waals surface area (Å²) in [6, 6.07) is 3.65. The molecular formula is C22H31NO10. The van der Waals surface area contributed by atoms with Crippen LogP contribution in [0.15, 0.2) is 18.2 Å². The van der Waals surface area contributed by atoms with Crippen LogP contribution in [-0.4, -0.2) is 53.3 Å². The maximum Gasteiger partial charge on any atom is 0.514 e. The van der Waals surface area contributed by atoms with E-state index in [1.165, 1.54) is 18.2 Å². The number of carbonyl (C=O) groups is 4. The molecule has 0 saturated carbocycles. The van der Waals surface area contributed by atoms with Gasteiger partial charge in [0.25, 0.3) is 5.72 Å². The molecule has 1 atom stereocenters. The summed E-state index contributed by atoms with van der Waals surface area (Å²) in [5.41, 5.74) is -1.79. The van der Waals surface area contributed by atoms with Crippen LogP contribution in [0.25, 0.3) is 0 Å². The Morgan fingerprint density at radius 3 is 1.85 bits per heavy atom. The smallest absolute Gasteiger partial charge is 0.477 e. The normalized spacial score (nSPS) is 12.8. The van der Waals surface area contributed by atoms with Crippen molar-refractivity contribution in [2.45, 2.75) is 78.9 Å². The van der Waals surface area contributed by atoms with E-state index in [4.69, 9.17) is 23.7 Å². The van der Waals surface area contributed by atoms with Gasteiger partial charge in [0.1, 0.15) is 0 Å². The van der Waals surface area contributed by atoms with Crippen LogP contribution >= 0.6 is 0 Å². The lowest BCUT2D eigenvalue weighted by molar-refractivity contribution is -0.182. The van der Waals surface area contributed by atoms with Gasteiger partial charge in [-0.1, -0.05) is 6.07 Å². The lowest BCUT2D eigenvalue weighted by Gasteiger charge is -2.32.